The highest BCUT2D eigenvalue weighted by atomic mass is 16.6. The molecule has 4 aliphatic carbocycles. The zero-order valence-electron chi connectivity index (χ0n) is 14.5. The molecule has 7 atom stereocenters. The van der Waals surface area contributed by atoms with Gasteiger partial charge in [0.15, 0.2) is 5.79 Å². The predicted octanol–water partition coefficient (Wildman–Crippen LogP) is 3.26. The van der Waals surface area contributed by atoms with Crippen LogP contribution in [0.3, 0.4) is 0 Å². The Hall–Kier alpha value is -0.380. The second-order valence-electron chi connectivity index (χ2n) is 10.0. The van der Waals surface area contributed by atoms with Gasteiger partial charge in [0.1, 0.15) is 0 Å². The van der Waals surface area contributed by atoms with Gasteiger partial charge >= 0.3 is 0 Å². The molecule has 0 radical (unpaired) electrons. The molecule has 7 unspecified atom stereocenters. The number of ether oxygens (including phenoxy) is 1. The standard InChI is InChI=1S/C20H30O3/c1-12-8-18-9-13(12)4-5-15(18)19-6-7-20(22,23-11-19)17(2,3)16(19)14(21)10-18/h13-16,21-22H,1,4-11H2,2-3H3. The highest BCUT2D eigenvalue weighted by Gasteiger charge is 2.74. The minimum atomic E-state index is -1.05. The van der Waals surface area contributed by atoms with E-state index >= 15 is 0 Å². The lowest BCUT2D eigenvalue weighted by atomic mass is 9.38. The summed E-state index contributed by atoms with van der Waals surface area (Å²) in [7, 11) is 0. The second kappa shape index (κ2) is 4.05. The van der Waals surface area contributed by atoms with Crippen molar-refractivity contribution in [1.29, 1.82) is 0 Å². The van der Waals surface area contributed by atoms with E-state index in [4.69, 9.17) is 4.74 Å². The van der Waals surface area contributed by atoms with Gasteiger partial charge in [0.05, 0.1) is 12.7 Å². The van der Waals surface area contributed by atoms with Gasteiger partial charge in [-0.05, 0) is 55.8 Å². The van der Waals surface area contributed by atoms with Crippen LogP contribution in [0.1, 0.15) is 58.8 Å². The summed E-state index contributed by atoms with van der Waals surface area (Å²) >= 11 is 0. The Labute approximate surface area is 139 Å². The van der Waals surface area contributed by atoms with Gasteiger partial charge in [-0.2, -0.15) is 0 Å². The van der Waals surface area contributed by atoms with Crippen molar-refractivity contribution in [2.75, 3.05) is 6.61 Å². The Kier molecular flexibility index (Phi) is 2.63. The predicted molar refractivity (Wildman–Crippen MR) is 87.5 cm³/mol. The Morgan fingerprint density at radius 1 is 1.17 bits per heavy atom. The molecule has 0 aromatic rings. The zero-order valence-corrected chi connectivity index (χ0v) is 14.5. The summed E-state index contributed by atoms with van der Waals surface area (Å²) in [6.07, 6.45) is 7.18. The summed E-state index contributed by atoms with van der Waals surface area (Å²) < 4.78 is 6.09. The van der Waals surface area contributed by atoms with E-state index in [1.807, 2.05) is 0 Å². The van der Waals surface area contributed by atoms with Crippen molar-refractivity contribution in [3.05, 3.63) is 12.2 Å². The fourth-order valence-corrected chi connectivity index (χ4v) is 8.15. The normalized spacial score (nSPS) is 59.6. The maximum atomic E-state index is 11.2. The van der Waals surface area contributed by atoms with E-state index < -0.39 is 5.79 Å². The number of hydrogen-bond acceptors (Lipinski definition) is 3. The first-order valence-electron chi connectivity index (χ1n) is 9.46. The van der Waals surface area contributed by atoms with Gasteiger partial charge < -0.3 is 14.9 Å². The van der Waals surface area contributed by atoms with Crippen LogP contribution in [-0.4, -0.2) is 28.7 Å². The van der Waals surface area contributed by atoms with Gasteiger partial charge in [0.25, 0.3) is 0 Å². The summed E-state index contributed by atoms with van der Waals surface area (Å²) in [5.41, 5.74) is 1.36. The highest BCUT2D eigenvalue weighted by Crippen LogP contribution is 2.75. The Morgan fingerprint density at radius 2 is 1.96 bits per heavy atom. The molecule has 2 N–H and O–H groups in total. The summed E-state index contributed by atoms with van der Waals surface area (Å²) in [5, 5.41) is 22.2. The first-order valence-corrected chi connectivity index (χ1v) is 9.46. The number of aliphatic hydroxyl groups excluding tert-OH is 1. The molecule has 2 aliphatic heterocycles. The van der Waals surface area contributed by atoms with E-state index in [2.05, 4.69) is 20.4 Å². The van der Waals surface area contributed by atoms with Crippen LogP contribution in [0.5, 0.6) is 0 Å². The van der Waals surface area contributed by atoms with Gasteiger partial charge in [-0.25, -0.2) is 0 Å². The topological polar surface area (TPSA) is 49.7 Å². The fraction of sp³-hybridized carbons (Fsp3) is 0.900. The number of fused-ring (bicyclic) bond motifs is 3. The number of allylic oxidation sites excluding steroid dienone is 1. The smallest absolute Gasteiger partial charge is 0.170 e. The van der Waals surface area contributed by atoms with E-state index in [9.17, 15) is 10.2 Å². The molecule has 0 amide bonds. The first kappa shape index (κ1) is 14.9. The monoisotopic (exact) mass is 318 g/mol. The molecule has 3 heteroatoms. The van der Waals surface area contributed by atoms with Gasteiger partial charge in [-0.3, -0.25) is 0 Å². The largest absolute Gasteiger partial charge is 0.393 e. The maximum Gasteiger partial charge on any atom is 0.170 e. The van der Waals surface area contributed by atoms with Crippen LogP contribution in [0.25, 0.3) is 0 Å². The third-order valence-electron chi connectivity index (χ3n) is 8.96. The minimum Gasteiger partial charge on any atom is -0.393 e. The van der Waals surface area contributed by atoms with Crippen LogP contribution in [-0.2, 0) is 4.74 Å². The summed E-state index contributed by atoms with van der Waals surface area (Å²) in [4.78, 5) is 0. The average molecular weight is 318 g/mol. The van der Waals surface area contributed by atoms with E-state index in [1.165, 1.54) is 24.8 Å². The van der Waals surface area contributed by atoms with Gasteiger partial charge in [-0.1, -0.05) is 26.0 Å². The quantitative estimate of drug-likeness (QED) is 0.674. The minimum absolute atomic E-state index is 0.0568. The summed E-state index contributed by atoms with van der Waals surface area (Å²) in [6, 6.07) is 0. The van der Waals surface area contributed by atoms with Crippen molar-refractivity contribution in [3.63, 3.8) is 0 Å². The molecule has 3 nitrogen and oxygen atoms in total. The maximum absolute atomic E-state index is 11.2. The fourth-order valence-electron chi connectivity index (χ4n) is 8.15. The van der Waals surface area contributed by atoms with Crippen LogP contribution in [0.4, 0.5) is 0 Å². The van der Waals surface area contributed by atoms with Gasteiger partial charge in [-0.15, -0.1) is 0 Å². The zero-order chi connectivity index (χ0) is 16.3. The second-order valence-corrected chi connectivity index (χ2v) is 10.0. The molecule has 23 heavy (non-hydrogen) atoms. The molecule has 128 valence electrons. The molecule has 6 aliphatic rings. The lowest BCUT2D eigenvalue weighted by Gasteiger charge is -2.72. The van der Waals surface area contributed by atoms with Crippen LogP contribution < -0.4 is 0 Å². The molecule has 2 saturated heterocycles. The van der Waals surface area contributed by atoms with Crippen LogP contribution in [0.15, 0.2) is 12.2 Å². The Balaban J connectivity index is 1.65. The van der Waals surface area contributed by atoms with Crippen molar-refractivity contribution in [1.82, 2.24) is 0 Å². The van der Waals surface area contributed by atoms with Crippen LogP contribution in [0, 0.1) is 34.0 Å². The summed E-state index contributed by atoms with van der Waals surface area (Å²) in [5.74, 6) is 0.414. The molecule has 6 fully saturated rings. The van der Waals surface area contributed by atoms with Crippen LogP contribution in [0.2, 0.25) is 0 Å². The third-order valence-corrected chi connectivity index (χ3v) is 8.96. The van der Waals surface area contributed by atoms with Crippen molar-refractivity contribution in [2.24, 2.45) is 34.0 Å². The molecule has 6 rings (SSSR count). The highest BCUT2D eigenvalue weighted by molar-refractivity contribution is 5.26. The van der Waals surface area contributed by atoms with E-state index in [-0.39, 0.29) is 28.3 Å². The van der Waals surface area contributed by atoms with Crippen molar-refractivity contribution < 1.29 is 14.9 Å². The number of rotatable bonds is 0. The average Bonchev–Trinajstić information content (AvgIpc) is 2.70. The Morgan fingerprint density at radius 3 is 2.65 bits per heavy atom. The van der Waals surface area contributed by atoms with Crippen molar-refractivity contribution in [3.8, 4) is 0 Å². The summed E-state index contributed by atoms with van der Waals surface area (Å²) in [6.45, 7) is 9.23. The van der Waals surface area contributed by atoms with Crippen molar-refractivity contribution in [2.45, 2.75) is 70.7 Å². The number of aliphatic hydroxyl groups is 2. The molecular formula is C20H30O3. The van der Waals surface area contributed by atoms with E-state index in [1.54, 1.807) is 0 Å². The molecule has 2 heterocycles. The SMILES string of the molecule is C=C1CC23CC1CCC2C12CCC(O)(OC1)C(C)(C)C2C(O)C3. The molecule has 4 saturated carbocycles. The molecular weight excluding hydrogens is 288 g/mol. The van der Waals surface area contributed by atoms with E-state index in [0.717, 1.165) is 25.7 Å². The first-order chi connectivity index (χ1) is 10.7. The van der Waals surface area contributed by atoms with E-state index in [0.29, 0.717) is 18.4 Å². The number of hydrogen-bond donors (Lipinski definition) is 2. The van der Waals surface area contributed by atoms with Crippen LogP contribution >= 0.6 is 0 Å². The Bertz CT molecular complexity index is 571. The molecule has 4 bridgehead atoms. The van der Waals surface area contributed by atoms with Gasteiger partial charge in [0.2, 0.25) is 0 Å². The van der Waals surface area contributed by atoms with Crippen molar-refractivity contribution >= 4 is 0 Å². The molecule has 0 aromatic heterocycles. The lowest BCUT2D eigenvalue weighted by molar-refractivity contribution is -0.405. The third kappa shape index (κ3) is 1.49. The lowest BCUT2D eigenvalue weighted by Crippen LogP contribution is -2.74. The van der Waals surface area contributed by atoms with Gasteiger partial charge in [0, 0.05) is 23.2 Å². The molecule has 2 spiro atoms. The molecule has 0 aromatic carbocycles.